The normalized spacial score (nSPS) is 19.7. The molecule has 0 spiro atoms. The molecule has 9 nitrogen and oxygen atoms in total. The van der Waals surface area contributed by atoms with E-state index in [-0.39, 0.29) is 49.0 Å². The lowest BCUT2D eigenvalue weighted by Gasteiger charge is -2.35. The predicted octanol–water partition coefficient (Wildman–Crippen LogP) is 4.81. The first-order chi connectivity index (χ1) is 20.5. The molecule has 234 valence electrons. The van der Waals surface area contributed by atoms with E-state index in [1.807, 2.05) is 12.1 Å². The van der Waals surface area contributed by atoms with Crippen LogP contribution in [-0.2, 0) is 4.79 Å². The highest BCUT2D eigenvalue weighted by molar-refractivity contribution is 6.00. The number of anilines is 1. The number of alkyl halides is 3. The van der Waals surface area contributed by atoms with E-state index in [2.05, 4.69) is 15.2 Å². The maximum Gasteiger partial charge on any atom is 0.401 e. The molecule has 0 radical (unpaired) electrons. The fraction of sp³-hybridized carbons (Fsp3) is 0.581. The number of pyridine rings is 1. The highest BCUT2D eigenvalue weighted by Crippen LogP contribution is 2.45. The van der Waals surface area contributed by atoms with Gasteiger partial charge < -0.3 is 25.2 Å². The number of nitrogens with one attached hydrogen (secondary N) is 1. The number of aliphatic carboxylic acids is 1. The first-order valence-corrected chi connectivity index (χ1v) is 15.0. The van der Waals surface area contributed by atoms with Crippen molar-refractivity contribution in [3.05, 3.63) is 47.7 Å². The number of carbonyl (C=O) groups excluding carboxylic acids is 1. The van der Waals surface area contributed by atoms with Crippen LogP contribution in [0.3, 0.4) is 0 Å². The van der Waals surface area contributed by atoms with E-state index >= 15 is 0 Å². The fourth-order valence-corrected chi connectivity index (χ4v) is 6.25. The van der Waals surface area contributed by atoms with Crippen molar-refractivity contribution in [2.45, 2.75) is 63.1 Å². The van der Waals surface area contributed by atoms with Crippen molar-refractivity contribution in [2.75, 3.05) is 44.2 Å². The number of aromatic nitrogens is 1. The minimum Gasteiger partial charge on any atom is -0.508 e. The van der Waals surface area contributed by atoms with Gasteiger partial charge in [0.05, 0.1) is 30.8 Å². The molecule has 1 unspecified atom stereocenters. The monoisotopic (exact) mass is 604 g/mol. The molecule has 3 aliphatic rings. The molecule has 43 heavy (non-hydrogen) atoms. The first kappa shape index (κ1) is 30.9. The zero-order valence-electron chi connectivity index (χ0n) is 24.1. The molecule has 1 aliphatic carbocycles. The van der Waals surface area contributed by atoms with Gasteiger partial charge in [-0.2, -0.15) is 13.2 Å². The second-order valence-electron chi connectivity index (χ2n) is 12.1. The van der Waals surface area contributed by atoms with Crippen molar-refractivity contribution in [1.82, 2.24) is 15.2 Å². The molecule has 1 atom stereocenters. The topological polar surface area (TPSA) is 115 Å². The van der Waals surface area contributed by atoms with Crippen LogP contribution >= 0.6 is 0 Å². The first-order valence-electron chi connectivity index (χ1n) is 15.0. The second kappa shape index (κ2) is 13.4. The molecule has 1 amide bonds. The van der Waals surface area contributed by atoms with Crippen LogP contribution in [0.1, 0.15) is 66.8 Å². The molecule has 5 rings (SSSR count). The number of halogens is 3. The van der Waals surface area contributed by atoms with Crippen LogP contribution in [0, 0.1) is 11.8 Å². The summed E-state index contributed by atoms with van der Waals surface area (Å²) in [6, 6.07) is 8.16. The number of rotatable bonds is 11. The smallest absolute Gasteiger partial charge is 0.401 e. The number of amides is 1. The molecule has 2 saturated heterocycles. The van der Waals surface area contributed by atoms with Crippen LogP contribution in [0.5, 0.6) is 11.6 Å². The Morgan fingerprint density at radius 1 is 1.02 bits per heavy atom. The Kier molecular flexibility index (Phi) is 9.63. The van der Waals surface area contributed by atoms with E-state index in [0.29, 0.717) is 55.6 Å². The summed E-state index contributed by atoms with van der Waals surface area (Å²) in [5, 5.41) is 22.5. The Morgan fingerprint density at radius 2 is 1.74 bits per heavy atom. The molecular formula is C31H39F3N4O5. The SMILES string of the molecule is O=C(O)CC(c1ccnc(OCC2CCN(c3cc(O)ccc3C(=O)NC3CCN(CC(F)(F)F)CC3)CC2)c1)C1CC1. The molecule has 1 saturated carbocycles. The number of phenols is 1. The Bertz CT molecular complexity index is 1270. The molecule has 3 fully saturated rings. The Labute approximate surface area is 249 Å². The maximum absolute atomic E-state index is 13.2. The van der Waals surface area contributed by atoms with Gasteiger partial charge in [0.1, 0.15) is 5.75 Å². The minimum absolute atomic E-state index is 0.0260. The third-order valence-corrected chi connectivity index (χ3v) is 8.75. The Balaban J connectivity index is 1.13. The average Bonchev–Trinajstić information content (AvgIpc) is 3.81. The van der Waals surface area contributed by atoms with Crippen molar-refractivity contribution in [2.24, 2.45) is 11.8 Å². The number of likely N-dealkylation sites (tertiary alicyclic amines) is 1. The lowest BCUT2D eigenvalue weighted by Crippen LogP contribution is -2.47. The lowest BCUT2D eigenvalue weighted by atomic mass is 9.92. The van der Waals surface area contributed by atoms with Crippen LogP contribution in [0.25, 0.3) is 0 Å². The summed E-state index contributed by atoms with van der Waals surface area (Å²) in [5.41, 5.74) is 2.01. The summed E-state index contributed by atoms with van der Waals surface area (Å²) in [5.74, 6) is 0.0753. The van der Waals surface area contributed by atoms with Gasteiger partial charge in [-0.3, -0.25) is 14.5 Å². The van der Waals surface area contributed by atoms with Crippen LogP contribution in [0.4, 0.5) is 18.9 Å². The molecular weight excluding hydrogens is 565 g/mol. The number of nitrogens with zero attached hydrogens (tertiary/aromatic N) is 3. The second-order valence-corrected chi connectivity index (χ2v) is 12.1. The fourth-order valence-electron chi connectivity index (χ4n) is 6.25. The Morgan fingerprint density at radius 3 is 2.40 bits per heavy atom. The largest absolute Gasteiger partial charge is 0.508 e. The van der Waals surface area contributed by atoms with Gasteiger partial charge >= 0.3 is 12.1 Å². The standard InChI is InChI=1S/C31H39F3N4O5/c32-31(33,34)19-37-11-8-23(9-12-37)36-30(42)25-4-3-24(39)16-27(25)38-13-6-20(7-14-38)18-43-28-15-22(5-10-35-28)26(17-29(40)41)21-1-2-21/h3-5,10,15-16,20-21,23,26,39H,1-2,6-9,11-14,17-19H2,(H,36,42)(H,40,41). The molecule has 2 aliphatic heterocycles. The quantitative estimate of drug-likeness (QED) is 0.335. The summed E-state index contributed by atoms with van der Waals surface area (Å²) in [4.78, 5) is 32.3. The van der Waals surface area contributed by atoms with E-state index in [4.69, 9.17) is 4.74 Å². The van der Waals surface area contributed by atoms with Gasteiger partial charge in [0.15, 0.2) is 0 Å². The number of hydrogen-bond donors (Lipinski definition) is 3. The van der Waals surface area contributed by atoms with E-state index < -0.39 is 18.7 Å². The van der Waals surface area contributed by atoms with Gasteiger partial charge in [-0.1, -0.05) is 0 Å². The number of carboxylic acid groups (broad SMARTS) is 1. The van der Waals surface area contributed by atoms with Crippen LogP contribution in [0.15, 0.2) is 36.5 Å². The molecule has 0 bridgehead atoms. The highest BCUT2D eigenvalue weighted by Gasteiger charge is 2.35. The van der Waals surface area contributed by atoms with Crippen molar-refractivity contribution in [3.8, 4) is 11.6 Å². The van der Waals surface area contributed by atoms with E-state index in [0.717, 1.165) is 31.2 Å². The number of ether oxygens (including phenoxy) is 1. The molecule has 1 aromatic heterocycles. The molecule has 1 aromatic carbocycles. The molecule has 3 N–H and O–H groups in total. The average molecular weight is 605 g/mol. The summed E-state index contributed by atoms with van der Waals surface area (Å²) in [7, 11) is 0. The molecule has 2 aromatic rings. The summed E-state index contributed by atoms with van der Waals surface area (Å²) in [6.45, 7) is 1.38. The van der Waals surface area contributed by atoms with Gasteiger partial charge in [0.25, 0.3) is 5.91 Å². The number of aromatic hydroxyl groups is 1. The minimum atomic E-state index is -4.24. The number of carbonyl (C=O) groups is 2. The van der Waals surface area contributed by atoms with Crippen LogP contribution in [-0.4, -0.2) is 83.5 Å². The Hall–Kier alpha value is -3.54. The van der Waals surface area contributed by atoms with Crippen LogP contribution in [0.2, 0.25) is 0 Å². The van der Waals surface area contributed by atoms with E-state index in [1.54, 1.807) is 18.3 Å². The van der Waals surface area contributed by atoms with Gasteiger partial charge in [-0.25, -0.2) is 4.98 Å². The maximum atomic E-state index is 13.2. The third kappa shape index (κ3) is 8.75. The molecule has 3 heterocycles. The van der Waals surface area contributed by atoms with Crippen molar-refractivity contribution >= 4 is 17.6 Å². The third-order valence-electron chi connectivity index (χ3n) is 8.75. The zero-order valence-corrected chi connectivity index (χ0v) is 24.1. The van der Waals surface area contributed by atoms with Crippen molar-refractivity contribution in [1.29, 1.82) is 0 Å². The van der Waals surface area contributed by atoms with Gasteiger partial charge in [0.2, 0.25) is 5.88 Å². The molecule has 12 heteroatoms. The van der Waals surface area contributed by atoms with E-state index in [9.17, 15) is 33.0 Å². The summed E-state index contributed by atoms with van der Waals surface area (Å²) < 4.78 is 44.2. The number of carboxylic acids is 1. The number of benzene rings is 1. The number of hydrogen-bond acceptors (Lipinski definition) is 7. The van der Waals surface area contributed by atoms with Crippen molar-refractivity contribution in [3.63, 3.8) is 0 Å². The van der Waals surface area contributed by atoms with Gasteiger partial charge in [0, 0.05) is 50.6 Å². The van der Waals surface area contributed by atoms with E-state index in [1.165, 1.54) is 11.0 Å². The summed E-state index contributed by atoms with van der Waals surface area (Å²) >= 11 is 0. The summed E-state index contributed by atoms with van der Waals surface area (Å²) in [6.07, 6.45) is 2.12. The number of piperidine rings is 2. The zero-order chi connectivity index (χ0) is 30.6. The highest BCUT2D eigenvalue weighted by atomic mass is 19.4. The van der Waals surface area contributed by atoms with Gasteiger partial charge in [-0.05, 0) is 80.0 Å². The van der Waals surface area contributed by atoms with Gasteiger partial charge in [-0.15, -0.1) is 0 Å². The van der Waals surface area contributed by atoms with Crippen LogP contribution < -0.4 is 15.0 Å². The van der Waals surface area contributed by atoms with Crippen molar-refractivity contribution < 1.29 is 37.7 Å². The lowest BCUT2D eigenvalue weighted by molar-refractivity contribution is -0.148. The number of phenolic OH excluding ortho intramolecular Hbond substituents is 1. The predicted molar refractivity (Wildman–Crippen MR) is 153 cm³/mol.